The van der Waals surface area contributed by atoms with Crippen LogP contribution < -0.4 is 10.6 Å². The van der Waals surface area contributed by atoms with Gasteiger partial charge >= 0.3 is 0 Å². The van der Waals surface area contributed by atoms with E-state index in [-0.39, 0.29) is 17.9 Å². The Balaban J connectivity index is 1.63. The van der Waals surface area contributed by atoms with Crippen LogP contribution >= 0.6 is 0 Å². The van der Waals surface area contributed by atoms with Gasteiger partial charge in [0.15, 0.2) is 0 Å². The molecule has 0 spiro atoms. The molecule has 0 saturated carbocycles. The van der Waals surface area contributed by atoms with Crippen molar-refractivity contribution in [3.8, 4) is 17.2 Å². The molecule has 1 aliphatic heterocycles. The van der Waals surface area contributed by atoms with E-state index < -0.39 is 0 Å². The first-order valence-electron chi connectivity index (χ1n) is 8.34. The van der Waals surface area contributed by atoms with Crippen molar-refractivity contribution < 1.29 is 4.79 Å². The molecule has 0 radical (unpaired) electrons. The third-order valence-corrected chi connectivity index (χ3v) is 4.43. The van der Waals surface area contributed by atoms with Crippen molar-refractivity contribution in [1.29, 1.82) is 5.26 Å². The van der Waals surface area contributed by atoms with Crippen molar-refractivity contribution in [2.45, 2.75) is 24.8 Å². The first kappa shape index (κ1) is 16.2. The summed E-state index contributed by atoms with van der Waals surface area (Å²) >= 11 is 0. The summed E-state index contributed by atoms with van der Waals surface area (Å²) in [6, 6.07) is 20.3. The van der Waals surface area contributed by atoms with E-state index in [2.05, 4.69) is 28.8 Å². The lowest BCUT2D eigenvalue weighted by atomic mass is 9.97. The molecule has 24 heavy (non-hydrogen) atoms. The minimum absolute atomic E-state index is 0.00587. The monoisotopic (exact) mass is 319 g/mol. The van der Waals surface area contributed by atoms with Gasteiger partial charge in [-0.15, -0.1) is 0 Å². The van der Waals surface area contributed by atoms with E-state index in [1.165, 1.54) is 0 Å². The van der Waals surface area contributed by atoms with Crippen molar-refractivity contribution in [1.82, 2.24) is 10.6 Å². The van der Waals surface area contributed by atoms with Crippen LogP contribution in [0.4, 0.5) is 0 Å². The van der Waals surface area contributed by atoms with Crippen LogP contribution in [-0.2, 0) is 4.79 Å². The van der Waals surface area contributed by atoms with Crippen molar-refractivity contribution in [2.75, 3.05) is 13.1 Å². The Morgan fingerprint density at radius 1 is 1.17 bits per heavy atom. The van der Waals surface area contributed by atoms with Gasteiger partial charge in [0.05, 0.1) is 18.0 Å². The highest BCUT2D eigenvalue weighted by atomic mass is 16.2. The molecule has 2 aromatic carbocycles. The van der Waals surface area contributed by atoms with Crippen LogP contribution in [0.1, 0.15) is 24.3 Å². The van der Waals surface area contributed by atoms with Crippen LogP contribution in [0.3, 0.4) is 0 Å². The summed E-state index contributed by atoms with van der Waals surface area (Å²) in [7, 11) is 0. The third-order valence-electron chi connectivity index (χ3n) is 4.43. The van der Waals surface area contributed by atoms with Crippen LogP contribution in [0.25, 0.3) is 11.1 Å². The summed E-state index contributed by atoms with van der Waals surface area (Å²) in [5.41, 5.74) is 3.20. The normalized spacial score (nSPS) is 17.9. The van der Waals surface area contributed by atoms with Crippen LogP contribution in [-0.4, -0.2) is 25.0 Å². The maximum absolute atomic E-state index is 12.1. The molecular weight excluding hydrogens is 298 g/mol. The van der Waals surface area contributed by atoms with Gasteiger partial charge in [-0.05, 0) is 36.1 Å². The van der Waals surface area contributed by atoms with Gasteiger partial charge in [0.1, 0.15) is 0 Å². The predicted octanol–water partition coefficient (Wildman–Crippen LogP) is 2.83. The fourth-order valence-electron chi connectivity index (χ4n) is 3.01. The molecule has 0 unspecified atom stereocenters. The molecule has 1 saturated heterocycles. The first-order chi connectivity index (χ1) is 11.8. The first-order valence-corrected chi connectivity index (χ1v) is 8.34. The lowest BCUT2D eigenvalue weighted by Crippen LogP contribution is -2.41. The zero-order chi connectivity index (χ0) is 16.8. The molecule has 2 N–H and O–H groups in total. The molecule has 1 fully saturated rings. The van der Waals surface area contributed by atoms with Gasteiger partial charge in [-0.2, -0.15) is 5.26 Å². The molecule has 122 valence electrons. The molecule has 3 rings (SSSR count). The second-order valence-electron chi connectivity index (χ2n) is 6.06. The fourth-order valence-corrected chi connectivity index (χ4v) is 3.01. The second kappa shape index (κ2) is 7.76. The summed E-state index contributed by atoms with van der Waals surface area (Å²) in [4.78, 5) is 12.1. The maximum Gasteiger partial charge on any atom is 0.237 e. The molecular formula is C20H21N3O. The summed E-state index contributed by atoms with van der Waals surface area (Å²) in [5.74, 6) is -0.339. The number of carbonyl (C=O) groups is 1. The summed E-state index contributed by atoms with van der Waals surface area (Å²) in [6.45, 7) is 1.24. The molecule has 4 nitrogen and oxygen atoms in total. The number of nitrogens with zero attached hydrogens (tertiary/aromatic N) is 1. The van der Waals surface area contributed by atoms with E-state index in [0.29, 0.717) is 6.54 Å². The van der Waals surface area contributed by atoms with E-state index in [0.717, 1.165) is 36.1 Å². The number of benzene rings is 2. The second-order valence-corrected chi connectivity index (χ2v) is 6.06. The third kappa shape index (κ3) is 3.81. The molecule has 4 heteroatoms. The highest BCUT2D eigenvalue weighted by molar-refractivity contribution is 5.82. The Bertz CT molecular complexity index is 713. The smallest absolute Gasteiger partial charge is 0.237 e. The topological polar surface area (TPSA) is 64.9 Å². The van der Waals surface area contributed by atoms with E-state index in [9.17, 15) is 10.1 Å². The van der Waals surface area contributed by atoms with Gasteiger partial charge in [0.25, 0.3) is 0 Å². The Morgan fingerprint density at radius 2 is 1.88 bits per heavy atom. The van der Waals surface area contributed by atoms with Gasteiger partial charge in [-0.3, -0.25) is 4.79 Å². The molecule has 2 aromatic rings. The Kier molecular flexibility index (Phi) is 5.25. The zero-order valence-corrected chi connectivity index (χ0v) is 13.5. The van der Waals surface area contributed by atoms with Crippen LogP contribution in [0, 0.1) is 11.3 Å². The molecule has 0 aliphatic carbocycles. The minimum atomic E-state index is -0.333. The van der Waals surface area contributed by atoms with E-state index >= 15 is 0 Å². The molecule has 1 heterocycles. The maximum atomic E-state index is 12.1. The summed E-state index contributed by atoms with van der Waals surface area (Å²) in [5, 5.41) is 15.5. The van der Waals surface area contributed by atoms with Crippen molar-refractivity contribution in [2.24, 2.45) is 0 Å². The molecule has 0 bridgehead atoms. The molecule has 1 aliphatic rings. The fraction of sp³-hybridized carbons (Fsp3) is 0.300. The zero-order valence-electron chi connectivity index (χ0n) is 13.5. The highest BCUT2D eigenvalue weighted by Crippen LogP contribution is 2.22. The van der Waals surface area contributed by atoms with Gasteiger partial charge in [-0.1, -0.05) is 54.6 Å². The Hall–Kier alpha value is -2.64. The SMILES string of the molecule is N#C[C@@H](CNC(=O)[C@@H]1CCCN1)c1ccc(-c2ccccc2)cc1. The van der Waals surface area contributed by atoms with Gasteiger partial charge in [0.2, 0.25) is 5.91 Å². The van der Waals surface area contributed by atoms with Crippen LogP contribution in [0.2, 0.25) is 0 Å². The Labute approximate surface area is 142 Å². The summed E-state index contributed by atoms with van der Waals surface area (Å²) < 4.78 is 0. The molecule has 2 atom stereocenters. The van der Waals surface area contributed by atoms with Gasteiger partial charge < -0.3 is 10.6 Å². The average Bonchev–Trinajstić information content (AvgIpc) is 3.18. The molecule has 1 amide bonds. The van der Waals surface area contributed by atoms with Crippen LogP contribution in [0.15, 0.2) is 54.6 Å². The van der Waals surface area contributed by atoms with E-state index in [1.54, 1.807) is 0 Å². The standard InChI is InChI=1S/C20H21N3O/c21-13-18(14-23-20(24)19-7-4-12-22-19)17-10-8-16(9-11-17)15-5-2-1-3-6-15/h1-3,5-6,8-11,18-19,22H,4,7,12,14H2,(H,23,24)/t18-,19-/m0/s1. The summed E-state index contributed by atoms with van der Waals surface area (Å²) in [6.07, 6.45) is 1.90. The number of hydrogen-bond acceptors (Lipinski definition) is 3. The van der Waals surface area contributed by atoms with Crippen LogP contribution in [0.5, 0.6) is 0 Å². The lowest BCUT2D eigenvalue weighted by molar-refractivity contribution is -0.122. The quantitative estimate of drug-likeness (QED) is 0.890. The van der Waals surface area contributed by atoms with E-state index in [1.807, 2.05) is 42.5 Å². The number of hydrogen-bond donors (Lipinski definition) is 2. The van der Waals surface area contributed by atoms with Gasteiger partial charge in [-0.25, -0.2) is 0 Å². The average molecular weight is 319 g/mol. The van der Waals surface area contributed by atoms with Crippen molar-refractivity contribution in [3.05, 3.63) is 60.2 Å². The number of nitrogens with one attached hydrogen (secondary N) is 2. The minimum Gasteiger partial charge on any atom is -0.353 e. The number of rotatable bonds is 5. The van der Waals surface area contributed by atoms with Crippen molar-refractivity contribution >= 4 is 5.91 Å². The number of amides is 1. The van der Waals surface area contributed by atoms with E-state index in [4.69, 9.17) is 0 Å². The Morgan fingerprint density at radius 3 is 2.50 bits per heavy atom. The van der Waals surface area contributed by atoms with Crippen molar-refractivity contribution in [3.63, 3.8) is 0 Å². The highest BCUT2D eigenvalue weighted by Gasteiger charge is 2.22. The predicted molar refractivity (Wildman–Crippen MR) is 94.3 cm³/mol. The van der Waals surface area contributed by atoms with Gasteiger partial charge in [0, 0.05) is 6.54 Å². The lowest BCUT2D eigenvalue weighted by Gasteiger charge is -2.14. The number of nitriles is 1. The molecule has 0 aromatic heterocycles. The number of carbonyl (C=O) groups excluding carboxylic acids is 1. The largest absolute Gasteiger partial charge is 0.353 e.